The molecule has 82 heavy (non-hydrogen) atoms. The lowest BCUT2D eigenvalue weighted by Gasteiger charge is -2.45. The zero-order valence-corrected chi connectivity index (χ0v) is 46.0. The SMILES string of the molecule is c1ccc(-c2ccccc2-c2ccc3c(c2)B2c4cc(-c5ccccc5-c5ccccc5)ccc4N(c4ccccc4)c4cc(-c5cccc(S(c6ccccc6)(c6ccccc6)c6ccccc6)c5)cc(c42)N3c2ccccc2)cc1. The summed E-state index contributed by atoms with van der Waals surface area (Å²) in [6.45, 7) is -0.144. The molecule has 0 amide bonds. The lowest BCUT2D eigenvalue weighted by molar-refractivity contribution is 1.24. The fourth-order valence-corrected chi connectivity index (χ4v) is 16.9. The minimum atomic E-state index is -1.98. The molecule has 0 radical (unpaired) electrons. The zero-order chi connectivity index (χ0) is 54.4. The third kappa shape index (κ3) is 8.30. The average Bonchev–Trinajstić information content (AvgIpc) is 2.59. The number of hydrogen-bond donors (Lipinski definition) is 0. The first-order valence-electron chi connectivity index (χ1n) is 28.3. The molecule has 2 heterocycles. The van der Waals surface area contributed by atoms with Gasteiger partial charge in [-0.15, -0.1) is 10.0 Å². The molecule has 0 spiro atoms. The maximum Gasteiger partial charge on any atom is 0.252 e. The van der Waals surface area contributed by atoms with Crippen LogP contribution < -0.4 is 26.2 Å². The smallest absolute Gasteiger partial charge is 0.252 e. The molecule has 13 aromatic rings. The van der Waals surface area contributed by atoms with Crippen molar-refractivity contribution in [1.82, 2.24) is 0 Å². The molecule has 0 aliphatic carbocycles. The Bertz CT molecular complexity index is 4150. The molecule has 0 unspecified atom stereocenters. The summed E-state index contributed by atoms with van der Waals surface area (Å²) in [6, 6.07) is 124. The summed E-state index contributed by atoms with van der Waals surface area (Å²) in [5.41, 5.74) is 22.6. The van der Waals surface area contributed by atoms with Crippen molar-refractivity contribution in [2.75, 3.05) is 9.80 Å². The molecule has 2 nitrogen and oxygen atoms in total. The normalized spacial score (nSPS) is 12.5. The molecule has 15 rings (SSSR count). The van der Waals surface area contributed by atoms with Crippen LogP contribution in [0.3, 0.4) is 0 Å². The van der Waals surface area contributed by atoms with Crippen LogP contribution in [0.2, 0.25) is 0 Å². The fraction of sp³-hybridized carbons (Fsp3) is 0. The van der Waals surface area contributed by atoms with E-state index in [2.05, 4.69) is 343 Å². The molecule has 386 valence electrons. The highest BCUT2D eigenvalue weighted by molar-refractivity contribution is 8.34. The summed E-state index contributed by atoms with van der Waals surface area (Å²) in [5.74, 6) is 0. The van der Waals surface area contributed by atoms with E-state index < -0.39 is 10.0 Å². The zero-order valence-electron chi connectivity index (χ0n) is 45.1. The first kappa shape index (κ1) is 49.0. The van der Waals surface area contributed by atoms with E-state index in [4.69, 9.17) is 0 Å². The van der Waals surface area contributed by atoms with Crippen molar-refractivity contribution in [2.24, 2.45) is 0 Å². The molecule has 2 aliphatic rings. The van der Waals surface area contributed by atoms with Crippen LogP contribution in [0.25, 0.3) is 55.6 Å². The predicted octanol–water partition coefficient (Wildman–Crippen LogP) is 19.4. The Kier molecular flexibility index (Phi) is 12.4. The quantitative estimate of drug-likeness (QED) is 0.119. The largest absolute Gasteiger partial charge is 0.311 e. The number of para-hydroxylation sites is 2. The summed E-state index contributed by atoms with van der Waals surface area (Å²) in [5, 5.41) is 0. The molecule has 0 bridgehead atoms. The van der Waals surface area contributed by atoms with E-state index in [1.54, 1.807) is 0 Å². The van der Waals surface area contributed by atoms with Gasteiger partial charge in [0.05, 0.1) is 0 Å². The second-order valence-electron chi connectivity index (χ2n) is 21.2. The summed E-state index contributed by atoms with van der Waals surface area (Å²) in [6.07, 6.45) is 0. The minimum absolute atomic E-state index is 0.144. The Morgan fingerprint density at radius 2 is 0.549 bits per heavy atom. The highest BCUT2D eigenvalue weighted by Crippen LogP contribution is 2.73. The van der Waals surface area contributed by atoms with E-state index in [0.29, 0.717) is 0 Å². The van der Waals surface area contributed by atoms with E-state index in [9.17, 15) is 0 Å². The lowest BCUT2D eigenvalue weighted by Crippen LogP contribution is -2.61. The lowest BCUT2D eigenvalue weighted by atomic mass is 9.33. The average molecular weight is 1060 g/mol. The molecule has 13 aromatic carbocycles. The van der Waals surface area contributed by atoms with Crippen molar-refractivity contribution >= 4 is 67.3 Å². The Balaban J connectivity index is 1.02. The van der Waals surface area contributed by atoms with Crippen molar-refractivity contribution in [1.29, 1.82) is 0 Å². The third-order valence-electron chi connectivity index (χ3n) is 16.6. The van der Waals surface area contributed by atoms with Gasteiger partial charge < -0.3 is 9.80 Å². The number of nitrogens with zero attached hydrogens (tertiary/aromatic N) is 2. The molecule has 4 heteroatoms. The molecular weight excluding hydrogens is 1010 g/mol. The van der Waals surface area contributed by atoms with Gasteiger partial charge >= 0.3 is 0 Å². The second kappa shape index (κ2) is 20.8. The van der Waals surface area contributed by atoms with Crippen LogP contribution in [0.4, 0.5) is 34.1 Å². The van der Waals surface area contributed by atoms with E-state index in [-0.39, 0.29) is 6.71 Å². The maximum absolute atomic E-state index is 2.54. The van der Waals surface area contributed by atoms with Crippen LogP contribution in [-0.4, -0.2) is 6.71 Å². The predicted molar refractivity (Wildman–Crippen MR) is 348 cm³/mol. The summed E-state index contributed by atoms with van der Waals surface area (Å²) in [4.78, 5) is 10.2. The van der Waals surface area contributed by atoms with Gasteiger partial charge in [-0.2, -0.15) is 0 Å². The van der Waals surface area contributed by atoms with Crippen LogP contribution in [0, 0.1) is 0 Å². The molecule has 0 N–H and O–H groups in total. The fourth-order valence-electron chi connectivity index (χ4n) is 13.0. The van der Waals surface area contributed by atoms with Gasteiger partial charge in [0.25, 0.3) is 6.71 Å². The monoisotopic (exact) mass is 1060 g/mol. The van der Waals surface area contributed by atoms with Gasteiger partial charge in [0.15, 0.2) is 0 Å². The standard InChI is InChI=1S/C78H55BN2S/c1-8-27-56(28-9-1)68-43-22-24-45-70(68)59-47-49-74-72(52-59)79-73-53-60(71-46-25-23-44-69(71)57-29-10-2-11-30-57)48-50-75(73)81(63-34-14-4-15-35-63)77-55-61(54-76(78(77)79)80(74)62-32-12-3-13-33-62)58-31-26-42-67(51-58)82(64-36-16-5-17-37-64,65-38-18-6-19-39-65)66-40-20-7-21-41-66/h1-55H. The van der Waals surface area contributed by atoms with E-state index >= 15 is 0 Å². The van der Waals surface area contributed by atoms with Gasteiger partial charge in [0, 0.05) is 53.7 Å². The molecule has 2 aliphatic heterocycles. The number of hydrogen-bond acceptors (Lipinski definition) is 2. The highest BCUT2D eigenvalue weighted by atomic mass is 32.3. The molecule has 0 saturated carbocycles. The van der Waals surface area contributed by atoms with Crippen molar-refractivity contribution in [2.45, 2.75) is 19.6 Å². The topological polar surface area (TPSA) is 6.48 Å². The van der Waals surface area contributed by atoms with Gasteiger partial charge in [0.2, 0.25) is 0 Å². The first-order chi connectivity index (χ1) is 40.7. The Morgan fingerprint density at radius 1 is 0.220 bits per heavy atom. The van der Waals surface area contributed by atoms with E-state index in [1.807, 2.05) is 0 Å². The van der Waals surface area contributed by atoms with Crippen LogP contribution in [-0.2, 0) is 0 Å². The van der Waals surface area contributed by atoms with Crippen LogP contribution >= 0.6 is 10.0 Å². The van der Waals surface area contributed by atoms with Crippen LogP contribution in [0.1, 0.15) is 0 Å². The number of fused-ring (bicyclic) bond motifs is 4. The molecule has 0 fully saturated rings. The van der Waals surface area contributed by atoms with Crippen molar-refractivity contribution in [3.05, 3.63) is 334 Å². The molecule has 0 aromatic heterocycles. The second-order valence-corrected chi connectivity index (χ2v) is 24.3. The number of anilines is 6. The summed E-state index contributed by atoms with van der Waals surface area (Å²) in [7, 11) is -1.98. The molecular formula is C78H55BN2S. The van der Waals surface area contributed by atoms with Gasteiger partial charge in [-0.05, 0) is 169 Å². The first-order valence-corrected chi connectivity index (χ1v) is 29.9. The van der Waals surface area contributed by atoms with E-state index in [0.717, 1.165) is 45.3 Å². The van der Waals surface area contributed by atoms with Crippen molar-refractivity contribution in [3.63, 3.8) is 0 Å². The van der Waals surface area contributed by atoms with Crippen molar-refractivity contribution in [3.8, 4) is 55.6 Å². The highest BCUT2D eigenvalue weighted by Gasteiger charge is 2.44. The molecule has 0 saturated heterocycles. The Hall–Kier alpha value is -10.1. The Morgan fingerprint density at radius 3 is 0.951 bits per heavy atom. The van der Waals surface area contributed by atoms with Gasteiger partial charge in [-0.3, -0.25) is 0 Å². The van der Waals surface area contributed by atoms with E-state index in [1.165, 1.54) is 80.5 Å². The van der Waals surface area contributed by atoms with Crippen LogP contribution in [0.5, 0.6) is 0 Å². The number of benzene rings is 13. The van der Waals surface area contributed by atoms with Gasteiger partial charge in [-0.25, -0.2) is 0 Å². The van der Waals surface area contributed by atoms with Crippen LogP contribution in [0.15, 0.2) is 353 Å². The summed E-state index contributed by atoms with van der Waals surface area (Å²) >= 11 is 0. The van der Waals surface area contributed by atoms with Gasteiger partial charge in [0.1, 0.15) is 0 Å². The number of rotatable bonds is 11. The molecule has 0 atom stereocenters. The third-order valence-corrected chi connectivity index (χ3v) is 20.5. The maximum atomic E-state index is 2.54. The summed E-state index contributed by atoms with van der Waals surface area (Å²) < 4.78 is 0. The Labute approximate surface area is 483 Å². The van der Waals surface area contributed by atoms with Gasteiger partial charge in [-0.1, -0.05) is 237 Å². The minimum Gasteiger partial charge on any atom is -0.311 e. The van der Waals surface area contributed by atoms with Crippen molar-refractivity contribution < 1.29 is 0 Å².